The first-order valence-electron chi connectivity index (χ1n) is 8.70. The van der Waals surface area contributed by atoms with Crippen molar-refractivity contribution in [3.05, 3.63) is 24.3 Å². The van der Waals surface area contributed by atoms with Crippen LogP contribution < -0.4 is 0 Å². The third-order valence-electron chi connectivity index (χ3n) is 3.30. The summed E-state index contributed by atoms with van der Waals surface area (Å²) in [6.07, 6.45) is 2.09. The second-order valence-corrected chi connectivity index (χ2v) is 16.4. The molecule has 0 radical (unpaired) electrons. The molecule has 0 aliphatic rings. The number of methoxy groups -OCH3 is 1. The fourth-order valence-electron chi connectivity index (χ4n) is 2.12. The van der Waals surface area contributed by atoms with E-state index in [4.69, 9.17) is 13.6 Å². The van der Waals surface area contributed by atoms with E-state index in [1.165, 1.54) is 4.70 Å². The summed E-state index contributed by atoms with van der Waals surface area (Å²) >= 11 is 1.76. The summed E-state index contributed by atoms with van der Waals surface area (Å²) in [6, 6.07) is 9.37. The summed E-state index contributed by atoms with van der Waals surface area (Å²) in [7, 11) is 9.30. The Labute approximate surface area is 186 Å². The van der Waals surface area contributed by atoms with Gasteiger partial charge in [0.05, 0.1) is 10.2 Å². The molecule has 1 aromatic carbocycles. The summed E-state index contributed by atoms with van der Waals surface area (Å²) in [5.74, 6) is 1.13. The number of ether oxygens (including phenoxy) is 1. The number of thiazole rings is 1. The Kier molecular flexibility index (Phi) is 14.1. The number of fused-ring (bicyclic) bond motifs is 1. The van der Waals surface area contributed by atoms with Gasteiger partial charge in [-0.3, -0.25) is 0 Å². The van der Waals surface area contributed by atoms with Crippen molar-refractivity contribution in [2.75, 3.05) is 32.7 Å². The van der Waals surface area contributed by atoms with Gasteiger partial charge in [0.15, 0.2) is 4.34 Å². The highest BCUT2D eigenvalue weighted by molar-refractivity contribution is 9.35. The van der Waals surface area contributed by atoms with E-state index in [0.29, 0.717) is 0 Å². The quantitative estimate of drug-likeness (QED) is 0.143. The molecule has 1 atom stereocenters. The zero-order chi connectivity index (χ0) is 19.2. The topological polar surface area (TPSA) is 40.6 Å². The molecule has 0 N–H and O–H groups in total. The Morgan fingerprint density at radius 1 is 1.07 bits per heavy atom. The first-order chi connectivity index (χ1) is 13.3. The number of benzene rings is 1. The van der Waals surface area contributed by atoms with Gasteiger partial charge < -0.3 is 13.6 Å². The SMILES string of the molecule is CCO[SiH](CCCSSSSSc1nc2ccccc2s1)OCCCOC. The minimum absolute atomic E-state index is 0.749. The van der Waals surface area contributed by atoms with Crippen LogP contribution >= 0.6 is 62.4 Å². The van der Waals surface area contributed by atoms with Gasteiger partial charge in [0, 0.05) is 32.7 Å². The normalized spacial score (nSPS) is 12.7. The fraction of sp³-hybridized carbons (Fsp3) is 0.562. The molecule has 0 bridgehead atoms. The van der Waals surface area contributed by atoms with Crippen LogP contribution in [0.5, 0.6) is 0 Å². The van der Waals surface area contributed by atoms with Crippen LogP contribution in [-0.2, 0) is 13.6 Å². The van der Waals surface area contributed by atoms with Crippen molar-refractivity contribution in [1.82, 2.24) is 4.98 Å². The van der Waals surface area contributed by atoms with Crippen LogP contribution in [0.15, 0.2) is 28.6 Å². The van der Waals surface area contributed by atoms with Gasteiger partial charge in [-0.25, -0.2) is 4.98 Å². The molecule has 0 saturated carbocycles. The van der Waals surface area contributed by atoms with Crippen LogP contribution in [-0.4, -0.2) is 47.0 Å². The lowest BCUT2D eigenvalue weighted by atomic mass is 10.3. The largest absolute Gasteiger partial charge is 0.397 e. The molecule has 2 rings (SSSR count). The lowest BCUT2D eigenvalue weighted by Crippen LogP contribution is -2.24. The van der Waals surface area contributed by atoms with Crippen LogP contribution in [0.1, 0.15) is 19.8 Å². The Morgan fingerprint density at radius 2 is 1.96 bits per heavy atom. The predicted molar refractivity (Wildman–Crippen MR) is 131 cm³/mol. The van der Waals surface area contributed by atoms with Crippen LogP contribution in [0.3, 0.4) is 0 Å². The molecule has 152 valence electrons. The standard InChI is InChI=1S/C16H25NO3S6Si/c1-3-19-27(20-11-6-10-18-2)13-7-12-21-24-26-25-23-16-17-14-8-4-5-9-15(14)22-16/h4-5,8-9,27H,3,6-7,10-13H2,1-2H3. The molecule has 11 heteroatoms. The Hall–Kier alpha value is 0.957. The molecular formula is C16H25NO3S6Si. The van der Waals surface area contributed by atoms with Crippen molar-refractivity contribution in [3.63, 3.8) is 0 Å². The number of nitrogens with zero attached hydrogens (tertiary/aromatic N) is 1. The van der Waals surface area contributed by atoms with E-state index in [-0.39, 0.29) is 0 Å². The highest BCUT2D eigenvalue weighted by Gasteiger charge is 2.12. The Morgan fingerprint density at radius 3 is 2.78 bits per heavy atom. The number of aromatic nitrogens is 1. The van der Waals surface area contributed by atoms with Gasteiger partial charge in [-0.2, -0.15) is 0 Å². The van der Waals surface area contributed by atoms with E-state index in [2.05, 4.69) is 23.2 Å². The third kappa shape index (κ3) is 10.5. The molecule has 1 aromatic heterocycles. The molecule has 4 nitrogen and oxygen atoms in total. The molecule has 27 heavy (non-hydrogen) atoms. The maximum atomic E-state index is 5.91. The van der Waals surface area contributed by atoms with Crippen LogP contribution in [0.2, 0.25) is 6.04 Å². The molecule has 1 heterocycles. The number of hydrogen-bond acceptors (Lipinski definition) is 10. The van der Waals surface area contributed by atoms with Crippen molar-refractivity contribution >= 4 is 81.9 Å². The number of para-hydroxylation sites is 1. The Balaban J connectivity index is 1.48. The van der Waals surface area contributed by atoms with Crippen molar-refractivity contribution in [2.24, 2.45) is 0 Å². The highest BCUT2D eigenvalue weighted by Crippen LogP contribution is 2.51. The average Bonchev–Trinajstić information content (AvgIpc) is 3.10. The summed E-state index contributed by atoms with van der Waals surface area (Å²) in [5, 5.41) is 0. The number of hydrogen-bond donors (Lipinski definition) is 0. The van der Waals surface area contributed by atoms with E-state index in [0.717, 1.165) is 54.3 Å². The molecule has 0 aliphatic carbocycles. The second-order valence-electron chi connectivity index (χ2n) is 5.30. The molecule has 2 aromatic rings. The fourth-order valence-corrected chi connectivity index (χ4v) is 14.3. The lowest BCUT2D eigenvalue weighted by molar-refractivity contribution is 0.152. The lowest BCUT2D eigenvalue weighted by Gasteiger charge is -2.15. The van der Waals surface area contributed by atoms with Gasteiger partial charge >= 0.3 is 9.28 Å². The highest BCUT2D eigenvalue weighted by atomic mass is 33.8. The molecule has 0 spiro atoms. The van der Waals surface area contributed by atoms with E-state index < -0.39 is 9.28 Å². The van der Waals surface area contributed by atoms with E-state index in [1.54, 1.807) is 39.1 Å². The van der Waals surface area contributed by atoms with Gasteiger partial charge in [0.1, 0.15) is 0 Å². The van der Waals surface area contributed by atoms with Crippen molar-refractivity contribution in [2.45, 2.75) is 30.1 Å². The molecule has 0 aliphatic heterocycles. The summed E-state index contributed by atoms with van der Waals surface area (Å²) < 4.78 is 19.1. The van der Waals surface area contributed by atoms with Crippen molar-refractivity contribution < 1.29 is 13.6 Å². The maximum absolute atomic E-state index is 5.91. The summed E-state index contributed by atoms with van der Waals surface area (Å²) in [6.45, 7) is 4.30. The van der Waals surface area contributed by atoms with Gasteiger partial charge in [-0.15, -0.1) is 11.3 Å². The van der Waals surface area contributed by atoms with E-state index >= 15 is 0 Å². The van der Waals surface area contributed by atoms with Crippen molar-refractivity contribution in [3.8, 4) is 0 Å². The van der Waals surface area contributed by atoms with Crippen LogP contribution in [0.25, 0.3) is 10.2 Å². The number of rotatable bonds is 16. The van der Waals surface area contributed by atoms with Gasteiger partial charge in [0.25, 0.3) is 0 Å². The Bertz CT molecular complexity index is 602. The van der Waals surface area contributed by atoms with Gasteiger partial charge in [-0.05, 0) is 78.2 Å². The minimum Gasteiger partial charge on any atom is -0.397 e. The molecule has 0 saturated heterocycles. The zero-order valence-electron chi connectivity index (χ0n) is 15.5. The predicted octanol–water partition coefficient (Wildman–Crippen LogP) is 6.68. The first kappa shape index (κ1) is 24.2. The van der Waals surface area contributed by atoms with E-state index in [1.807, 2.05) is 43.4 Å². The van der Waals surface area contributed by atoms with Crippen LogP contribution in [0, 0.1) is 0 Å². The smallest absolute Gasteiger partial charge is 0.321 e. The molecule has 0 fully saturated rings. The van der Waals surface area contributed by atoms with E-state index in [9.17, 15) is 0 Å². The van der Waals surface area contributed by atoms with Crippen LogP contribution in [0.4, 0.5) is 0 Å². The summed E-state index contributed by atoms with van der Waals surface area (Å²) in [4.78, 5) is 4.63. The minimum atomic E-state index is -1.50. The van der Waals surface area contributed by atoms with Crippen molar-refractivity contribution in [1.29, 1.82) is 0 Å². The first-order valence-corrected chi connectivity index (χ1v) is 17.6. The molecule has 1 unspecified atom stereocenters. The molecule has 0 amide bonds. The molecular weight excluding hydrogens is 475 g/mol. The summed E-state index contributed by atoms with van der Waals surface area (Å²) in [5.41, 5.74) is 1.09. The second kappa shape index (κ2) is 15.8. The third-order valence-corrected chi connectivity index (χ3v) is 15.4. The maximum Gasteiger partial charge on any atom is 0.321 e. The monoisotopic (exact) mass is 499 g/mol. The average molecular weight is 500 g/mol. The van der Waals surface area contributed by atoms with Gasteiger partial charge in [0.2, 0.25) is 0 Å². The zero-order valence-corrected chi connectivity index (χ0v) is 21.5. The van der Waals surface area contributed by atoms with Gasteiger partial charge in [-0.1, -0.05) is 22.9 Å².